The number of halogens is 2. The van der Waals surface area contributed by atoms with Crippen LogP contribution in [0.25, 0.3) is 6.08 Å². The number of nitrogens with zero attached hydrogens (tertiary/aromatic N) is 2. The van der Waals surface area contributed by atoms with Gasteiger partial charge in [0.25, 0.3) is 5.91 Å². The molecule has 1 aliphatic rings. The molecular formula is C16H12BrFN4O3. The van der Waals surface area contributed by atoms with E-state index in [4.69, 9.17) is 4.42 Å². The molecule has 0 spiro atoms. The lowest BCUT2D eigenvalue weighted by Gasteiger charge is -2.10. The van der Waals surface area contributed by atoms with E-state index in [1.807, 2.05) is 0 Å². The second-order valence-corrected chi connectivity index (χ2v) is 5.84. The molecule has 3 rings (SSSR count). The Morgan fingerprint density at radius 1 is 1.40 bits per heavy atom. The molecule has 1 aromatic heterocycles. The van der Waals surface area contributed by atoms with Crippen LogP contribution in [0.1, 0.15) is 5.76 Å². The molecule has 1 saturated heterocycles. The fraction of sp³-hybridized carbons (Fsp3) is 0.0625. The summed E-state index contributed by atoms with van der Waals surface area (Å²) in [7, 11) is 1.58. The van der Waals surface area contributed by atoms with E-state index in [0.717, 1.165) is 6.07 Å². The molecule has 2 heterocycles. The predicted molar refractivity (Wildman–Crippen MR) is 93.1 cm³/mol. The minimum absolute atomic E-state index is 0.0516. The Hall–Kier alpha value is -2.94. The Balaban J connectivity index is 1.76. The largest absolute Gasteiger partial charge is 0.450 e. The maximum Gasteiger partial charge on any atom is 0.348 e. The molecule has 1 aromatic carbocycles. The van der Waals surface area contributed by atoms with Crippen molar-refractivity contribution in [2.45, 2.75) is 0 Å². The monoisotopic (exact) mass is 406 g/mol. The minimum atomic E-state index is -0.741. The lowest BCUT2D eigenvalue weighted by molar-refractivity contribution is -0.115. The summed E-state index contributed by atoms with van der Waals surface area (Å²) >= 11 is 3.18. The molecule has 0 bridgehead atoms. The van der Waals surface area contributed by atoms with Gasteiger partial charge in [0.15, 0.2) is 4.67 Å². The zero-order chi connectivity index (χ0) is 18.0. The van der Waals surface area contributed by atoms with E-state index in [1.54, 1.807) is 19.2 Å². The second kappa shape index (κ2) is 6.89. The first kappa shape index (κ1) is 16.9. The van der Waals surface area contributed by atoms with Gasteiger partial charge < -0.3 is 14.6 Å². The first-order chi connectivity index (χ1) is 11.9. The molecule has 0 radical (unpaired) electrons. The third kappa shape index (κ3) is 3.94. The van der Waals surface area contributed by atoms with E-state index < -0.39 is 17.8 Å². The van der Waals surface area contributed by atoms with Crippen LogP contribution in [0.3, 0.4) is 0 Å². The van der Waals surface area contributed by atoms with Crippen molar-refractivity contribution >= 4 is 45.6 Å². The maximum atomic E-state index is 13.1. The van der Waals surface area contributed by atoms with Crippen LogP contribution in [-0.4, -0.2) is 29.8 Å². The summed E-state index contributed by atoms with van der Waals surface area (Å²) in [6.07, 6.45) is 1.52. The molecule has 2 N–H and O–H groups in total. The summed E-state index contributed by atoms with van der Waals surface area (Å²) in [5, 5.41) is 4.91. The molecule has 9 heteroatoms. The number of hydrogen-bond donors (Lipinski definition) is 2. The molecule has 0 saturated carbocycles. The number of nitrogens with one attached hydrogen (secondary N) is 2. The summed E-state index contributed by atoms with van der Waals surface area (Å²) in [5.41, 5.74) is 0.525. The highest BCUT2D eigenvalue weighted by molar-refractivity contribution is 9.10. The van der Waals surface area contributed by atoms with Crippen molar-refractivity contribution in [3.8, 4) is 0 Å². The van der Waals surface area contributed by atoms with Gasteiger partial charge in [-0.05, 0) is 46.3 Å². The average Bonchev–Trinajstić information content (AvgIpc) is 3.06. The Morgan fingerprint density at radius 2 is 2.20 bits per heavy atom. The SMILES string of the molecule is CN1/C(=C\c2ccc(Br)o2)C(=O)N/C1=N\C(=O)Nc1cccc(F)c1. The Morgan fingerprint density at radius 3 is 2.88 bits per heavy atom. The number of benzene rings is 1. The van der Waals surface area contributed by atoms with Crippen molar-refractivity contribution in [1.82, 2.24) is 10.2 Å². The molecule has 0 aliphatic carbocycles. The second-order valence-electron chi connectivity index (χ2n) is 5.06. The van der Waals surface area contributed by atoms with Crippen LogP contribution < -0.4 is 10.6 Å². The average molecular weight is 407 g/mol. The number of rotatable bonds is 2. The quantitative estimate of drug-likeness (QED) is 0.749. The summed E-state index contributed by atoms with van der Waals surface area (Å²) < 4.78 is 19.0. The van der Waals surface area contributed by atoms with Gasteiger partial charge >= 0.3 is 6.03 Å². The number of carbonyl (C=O) groups excluding carboxylic acids is 2. The number of likely N-dealkylation sites (N-methyl/N-ethyl adjacent to an activating group) is 1. The van der Waals surface area contributed by atoms with Crippen LogP contribution in [0.5, 0.6) is 0 Å². The summed E-state index contributed by atoms with van der Waals surface area (Å²) in [5.74, 6) is -0.385. The van der Waals surface area contributed by atoms with E-state index in [2.05, 4.69) is 31.6 Å². The lowest BCUT2D eigenvalue weighted by Crippen LogP contribution is -2.29. The number of urea groups is 1. The van der Waals surface area contributed by atoms with E-state index in [1.165, 1.54) is 29.2 Å². The van der Waals surface area contributed by atoms with Crippen LogP contribution in [0.15, 0.2) is 56.2 Å². The normalized spacial score (nSPS) is 17.2. The van der Waals surface area contributed by atoms with Gasteiger partial charge in [0.1, 0.15) is 17.3 Å². The fourth-order valence-electron chi connectivity index (χ4n) is 2.14. The third-order valence-electron chi connectivity index (χ3n) is 3.29. The minimum Gasteiger partial charge on any atom is -0.450 e. The molecule has 7 nitrogen and oxygen atoms in total. The van der Waals surface area contributed by atoms with Crippen LogP contribution in [0.2, 0.25) is 0 Å². The van der Waals surface area contributed by atoms with Gasteiger partial charge in [0.2, 0.25) is 5.96 Å². The molecule has 128 valence electrons. The summed E-state index contributed by atoms with van der Waals surface area (Å²) in [6.45, 7) is 0. The van der Waals surface area contributed by atoms with Gasteiger partial charge in [-0.25, -0.2) is 9.18 Å². The predicted octanol–water partition coefficient (Wildman–Crippen LogP) is 3.17. The van der Waals surface area contributed by atoms with E-state index in [9.17, 15) is 14.0 Å². The maximum absolute atomic E-state index is 13.1. The Kier molecular flexibility index (Phi) is 4.66. The highest BCUT2D eigenvalue weighted by Crippen LogP contribution is 2.20. The number of furan rings is 1. The van der Waals surface area contributed by atoms with Crippen LogP contribution in [0.4, 0.5) is 14.9 Å². The van der Waals surface area contributed by atoms with Gasteiger partial charge in [0.05, 0.1) is 0 Å². The molecule has 2 aromatic rings. The van der Waals surface area contributed by atoms with Gasteiger partial charge in [-0.2, -0.15) is 4.99 Å². The Bertz CT molecular complexity index is 906. The van der Waals surface area contributed by atoms with Crippen molar-refractivity contribution in [2.24, 2.45) is 4.99 Å². The number of hydrogen-bond acceptors (Lipinski definition) is 3. The summed E-state index contributed by atoms with van der Waals surface area (Å²) in [4.78, 5) is 29.2. The van der Waals surface area contributed by atoms with Crippen molar-refractivity contribution in [3.05, 3.63) is 58.3 Å². The van der Waals surface area contributed by atoms with E-state index >= 15 is 0 Å². The van der Waals surface area contributed by atoms with Gasteiger partial charge in [-0.3, -0.25) is 10.1 Å². The highest BCUT2D eigenvalue weighted by atomic mass is 79.9. The molecule has 0 atom stereocenters. The molecule has 1 aliphatic heterocycles. The number of guanidine groups is 1. The number of amides is 3. The van der Waals surface area contributed by atoms with Crippen LogP contribution in [-0.2, 0) is 4.79 Å². The van der Waals surface area contributed by atoms with Crippen molar-refractivity contribution < 1.29 is 18.4 Å². The molecule has 0 unspecified atom stereocenters. The molecule has 1 fully saturated rings. The van der Waals surface area contributed by atoms with Crippen molar-refractivity contribution in [1.29, 1.82) is 0 Å². The first-order valence-corrected chi connectivity index (χ1v) is 7.89. The smallest absolute Gasteiger partial charge is 0.348 e. The van der Waals surface area contributed by atoms with Crippen molar-refractivity contribution in [3.63, 3.8) is 0 Å². The topological polar surface area (TPSA) is 86.9 Å². The summed E-state index contributed by atoms with van der Waals surface area (Å²) in [6, 6.07) is 8.05. The number of anilines is 1. The Labute approximate surface area is 150 Å². The third-order valence-corrected chi connectivity index (χ3v) is 3.72. The molecular weight excluding hydrogens is 395 g/mol. The zero-order valence-electron chi connectivity index (χ0n) is 12.9. The van der Waals surface area contributed by atoms with Crippen LogP contribution >= 0.6 is 15.9 Å². The van der Waals surface area contributed by atoms with Gasteiger partial charge in [-0.15, -0.1) is 0 Å². The number of aliphatic imine (C=N–C) groups is 1. The van der Waals surface area contributed by atoms with Crippen LogP contribution in [0, 0.1) is 5.82 Å². The fourth-order valence-corrected chi connectivity index (χ4v) is 2.45. The lowest BCUT2D eigenvalue weighted by atomic mass is 10.3. The van der Waals surface area contributed by atoms with Gasteiger partial charge in [0, 0.05) is 18.8 Å². The van der Waals surface area contributed by atoms with Crippen molar-refractivity contribution in [2.75, 3.05) is 12.4 Å². The first-order valence-electron chi connectivity index (χ1n) is 7.10. The van der Waals surface area contributed by atoms with E-state index in [0.29, 0.717) is 10.4 Å². The number of carbonyl (C=O) groups is 2. The standard InChI is InChI=1S/C16H12BrFN4O3/c1-22-12(8-11-5-6-13(17)25-11)14(23)20-15(22)21-16(24)19-10-4-2-3-9(18)7-10/h2-8H,1H3,(H2,19,20,21,23,24)/b12-8-. The molecule has 25 heavy (non-hydrogen) atoms. The van der Waals surface area contributed by atoms with E-state index in [-0.39, 0.29) is 17.3 Å². The zero-order valence-corrected chi connectivity index (χ0v) is 14.5. The highest BCUT2D eigenvalue weighted by Gasteiger charge is 2.29. The molecule has 3 amide bonds. The van der Waals surface area contributed by atoms with Gasteiger partial charge in [-0.1, -0.05) is 6.07 Å².